The normalized spacial score (nSPS) is 25.2. The highest BCUT2D eigenvalue weighted by Crippen LogP contribution is 2.25. The SMILES string of the molecule is CC(O)C1CCN(C(=O)C(C)(C)C)C1. The number of hydrogen-bond donors (Lipinski definition) is 1. The average Bonchev–Trinajstić information content (AvgIpc) is 2.48. The summed E-state index contributed by atoms with van der Waals surface area (Å²) in [7, 11) is 0. The van der Waals surface area contributed by atoms with Gasteiger partial charge in [-0.2, -0.15) is 0 Å². The molecule has 0 radical (unpaired) electrons. The Morgan fingerprint density at radius 2 is 2.07 bits per heavy atom. The summed E-state index contributed by atoms with van der Waals surface area (Å²) >= 11 is 0. The van der Waals surface area contributed by atoms with Crippen LogP contribution in [-0.2, 0) is 4.79 Å². The van der Waals surface area contributed by atoms with E-state index in [4.69, 9.17) is 0 Å². The van der Waals surface area contributed by atoms with Crippen molar-refractivity contribution >= 4 is 5.91 Å². The molecule has 0 saturated carbocycles. The molecule has 14 heavy (non-hydrogen) atoms. The highest BCUT2D eigenvalue weighted by molar-refractivity contribution is 5.81. The van der Waals surface area contributed by atoms with Crippen LogP contribution >= 0.6 is 0 Å². The summed E-state index contributed by atoms with van der Waals surface area (Å²) in [5, 5.41) is 9.42. The van der Waals surface area contributed by atoms with Gasteiger partial charge in [0.05, 0.1) is 6.10 Å². The third-order valence-corrected chi connectivity index (χ3v) is 2.84. The molecular weight excluding hydrogens is 178 g/mol. The fraction of sp³-hybridized carbons (Fsp3) is 0.909. The quantitative estimate of drug-likeness (QED) is 0.690. The molecule has 1 aliphatic heterocycles. The van der Waals surface area contributed by atoms with Gasteiger partial charge >= 0.3 is 0 Å². The Morgan fingerprint density at radius 3 is 2.43 bits per heavy atom. The number of likely N-dealkylation sites (tertiary alicyclic amines) is 1. The van der Waals surface area contributed by atoms with Crippen molar-refractivity contribution in [3.63, 3.8) is 0 Å². The Bertz CT molecular complexity index is 218. The second-order valence-corrected chi connectivity index (χ2v) is 5.29. The predicted octanol–water partition coefficient (Wildman–Crippen LogP) is 1.26. The van der Waals surface area contributed by atoms with Gasteiger partial charge in [0.15, 0.2) is 0 Å². The maximum Gasteiger partial charge on any atom is 0.227 e. The lowest BCUT2D eigenvalue weighted by Crippen LogP contribution is -2.38. The molecule has 0 spiro atoms. The van der Waals surface area contributed by atoms with Crippen LogP contribution in [0, 0.1) is 11.3 Å². The summed E-state index contributed by atoms with van der Waals surface area (Å²) in [5.41, 5.74) is -0.298. The van der Waals surface area contributed by atoms with Gasteiger partial charge in [-0.15, -0.1) is 0 Å². The van der Waals surface area contributed by atoms with Crippen molar-refractivity contribution in [3.05, 3.63) is 0 Å². The van der Waals surface area contributed by atoms with Crippen molar-refractivity contribution in [3.8, 4) is 0 Å². The number of aliphatic hydroxyl groups excluding tert-OH is 1. The summed E-state index contributed by atoms with van der Waals surface area (Å²) in [5.74, 6) is 0.460. The van der Waals surface area contributed by atoms with Crippen molar-refractivity contribution in [1.82, 2.24) is 4.90 Å². The van der Waals surface area contributed by atoms with Crippen molar-refractivity contribution in [1.29, 1.82) is 0 Å². The molecule has 1 rings (SSSR count). The fourth-order valence-corrected chi connectivity index (χ4v) is 1.84. The van der Waals surface area contributed by atoms with Gasteiger partial charge in [0.2, 0.25) is 5.91 Å². The minimum absolute atomic E-state index is 0.195. The lowest BCUT2D eigenvalue weighted by Gasteiger charge is -2.26. The van der Waals surface area contributed by atoms with E-state index in [9.17, 15) is 9.90 Å². The number of carbonyl (C=O) groups excluding carboxylic acids is 1. The molecular formula is C11H21NO2. The first kappa shape index (κ1) is 11.5. The number of nitrogens with zero attached hydrogens (tertiary/aromatic N) is 1. The number of carbonyl (C=O) groups is 1. The topological polar surface area (TPSA) is 40.5 Å². The summed E-state index contributed by atoms with van der Waals surface area (Å²) < 4.78 is 0. The molecule has 1 aliphatic rings. The molecule has 1 saturated heterocycles. The van der Waals surface area contributed by atoms with Gasteiger partial charge in [0.1, 0.15) is 0 Å². The van der Waals surface area contributed by atoms with Crippen LogP contribution in [0.1, 0.15) is 34.1 Å². The van der Waals surface area contributed by atoms with Crippen molar-refractivity contribution < 1.29 is 9.90 Å². The van der Waals surface area contributed by atoms with E-state index in [-0.39, 0.29) is 23.3 Å². The number of amides is 1. The first-order valence-electron chi connectivity index (χ1n) is 5.30. The van der Waals surface area contributed by atoms with Crippen LogP contribution in [0.3, 0.4) is 0 Å². The van der Waals surface area contributed by atoms with Crippen molar-refractivity contribution in [2.45, 2.75) is 40.2 Å². The first-order chi connectivity index (χ1) is 6.32. The largest absolute Gasteiger partial charge is 0.393 e. The van der Waals surface area contributed by atoms with E-state index in [1.54, 1.807) is 6.92 Å². The molecule has 2 unspecified atom stereocenters. The van der Waals surface area contributed by atoms with Crippen LogP contribution < -0.4 is 0 Å². The summed E-state index contributed by atoms with van der Waals surface area (Å²) in [6, 6.07) is 0. The zero-order chi connectivity index (χ0) is 10.9. The van der Waals surface area contributed by atoms with Crippen LogP contribution in [0.5, 0.6) is 0 Å². The maximum atomic E-state index is 11.9. The van der Waals surface area contributed by atoms with Gasteiger partial charge < -0.3 is 10.0 Å². The average molecular weight is 199 g/mol. The molecule has 82 valence electrons. The molecule has 3 nitrogen and oxygen atoms in total. The van der Waals surface area contributed by atoms with E-state index in [2.05, 4.69) is 0 Å². The van der Waals surface area contributed by atoms with Gasteiger partial charge in [-0.25, -0.2) is 0 Å². The molecule has 1 heterocycles. The predicted molar refractivity (Wildman–Crippen MR) is 55.8 cm³/mol. The van der Waals surface area contributed by atoms with Gasteiger partial charge in [0.25, 0.3) is 0 Å². The highest BCUT2D eigenvalue weighted by atomic mass is 16.3. The summed E-state index contributed by atoms with van der Waals surface area (Å²) in [6.45, 7) is 9.12. The molecule has 0 aliphatic carbocycles. The summed E-state index contributed by atoms with van der Waals surface area (Å²) in [4.78, 5) is 13.8. The van der Waals surface area contributed by atoms with Gasteiger partial charge in [-0.1, -0.05) is 20.8 Å². The number of hydrogen-bond acceptors (Lipinski definition) is 2. The van der Waals surface area contributed by atoms with E-state index in [1.165, 1.54) is 0 Å². The summed E-state index contributed by atoms with van der Waals surface area (Å²) in [6.07, 6.45) is 0.632. The van der Waals surface area contributed by atoms with E-state index in [1.807, 2.05) is 25.7 Å². The molecule has 1 N–H and O–H groups in total. The Balaban J connectivity index is 2.54. The number of rotatable bonds is 1. The van der Waals surface area contributed by atoms with Gasteiger partial charge in [-0.05, 0) is 13.3 Å². The standard InChI is InChI=1S/C11H21NO2/c1-8(13)9-5-6-12(7-9)10(14)11(2,3)4/h8-9,13H,5-7H2,1-4H3. The highest BCUT2D eigenvalue weighted by Gasteiger charge is 2.34. The molecule has 0 bridgehead atoms. The molecule has 1 amide bonds. The molecule has 0 aromatic rings. The van der Waals surface area contributed by atoms with Gasteiger partial charge in [-0.3, -0.25) is 4.79 Å². The van der Waals surface area contributed by atoms with Gasteiger partial charge in [0, 0.05) is 24.4 Å². The molecule has 0 aromatic heterocycles. The first-order valence-corrected chi connectivity index (χ1v) is 5.30. The monoisotopic (exact) mass is 199 g/mol. The van der Waals surface area contributed by atoms with E-state index in [0.29, 0.717) is 6.54 Å². The lowest BCUT2D eigenvalue weighted by atomic mass is 9.95. The molecule has 2 atom stereocenters. The van der Waals surface area contributed by atoms with Crippen molar-refractivity contribution in [2.75, 3.05) is 13.1 Å². The zero-order valence-corrected chi connectivity index (χ0v) is 9.58. The molecule has 3 heteroatoms. The molecule has 0 aromatic carbocycles. The molecule has 1 fully saturated rings. The Hall–Kier alpha value is -0.570. The van der Waals surface area contributed by atoms with Crippen LogP contribution in [0.15, 0.2) is 0 Å². The minimum atomic E-state index is -0.298. The van der Waals surface area contributed by atoms with E-state index >= 15 is 0 Å². The third kappa shape index (κ3) is 2.47. The van der Waals surface area contributed by atoms with E-state index < -0.39 is 0 Å². The minimum Gasteiger partial charge on any atom is -0.393 e. The van der Waals surface area contributed by atoms with Crippen molar-refractivity contribution in [2.24, 2.45) is 11.3 Å². The fourth-order valence-electron chi connectivity index (χ4n) is 1.84. The lowest BCUT2D eigenvalue weighted by molar-refractivity contribution is -0.138. The van der Waals surface area contributed by atoms with E-state index in [0.717, 1.165) is 13.0 Å². The Labute approximate surface area is 86.1 Å². The second-order valence-electron chi connectivity index (χ2n) is 5.29. The Kier molecular flexibility index (Phi) is 3.20. The third-order valence-electron chi connectivity index (χ3n) is 2.84. The van der Waals surface area contributed by atoms with Crippen LogP contribution in [-0.4, -0.2) is 35.1 Å². The Morgan fingerprint density at radius 1 is 1.50 bits per heavy atom. The second kappa shape index (κ2) is 3.89. The maximum absolute atomic E-state index is 11.9. The zero-order valence-electron chi connectivity index (χ0n) is 9.58. The van der Waals surface area contributed by atoms with Crippen LogP contribution in [0.25, 0.3) is 0 Å². The van der Waals surface area contributed by atoms with Crippen LogP contribution in [0.2, 0.25) is 0 Å². The number of aliphatic hydroxyl groups is 1. The smallest absolute Gasteiger partial charge is 0.227 e. The van der Waals surface area contributed by atoms with Crippen LogP contribution in [0.4, 0.5) is 0 Å².